The number of nitrogens with zero attached hydrogens (tertiary/aromatic N) is 3. The summed E-state index contributed by atoms with van der Waals surface area (Å²) in [4.78, 5) is 27.2. The number of anilines is 1. The number of hydrogen-bond donors (Lipinski definition) is 3. The molecule has 0 spiro atoms. The van der Waals surface area contributed by atoms with Crippen molar-refractivity contribution in [2.45, 2.75) is 19.4 Å². The van der Waals surface area contributed by atoms with Gasteiger partial charge in [0.2, 0.25) is 0 Å². The average molecular weight is 340 g/mol. The summed E-state index contributed by atoms with van der Waals surface area (Å²) >= 11 is 0. The van der Waals surface area contributed by atoms with Crippen LogP contribution in [0.4, 0.5) is 10.2 Å². The van der Waals surface area contributed by atoms with Gasteiger partial charge >= 0.3 is 0 Å². The lowest BCUT2D eigenvalue weighted by Crippen LogP contribution is -2.32. The number of hydrogen-bond acceptors (Lipinski definition) is 5. The van der Waals surface area contributed by atoms with Gasteiger partial charge in [0.1, 0.15) is 11.6 Å². The molecule has 128 valence electrons. The number of aromatic nitrogens is 4. The Labute approximate surface area is 143 Å². The molecule has 25 heavy (non-hydrogen) atoms. The van der Waals surface area contributed by atoms with E-state index in [0.29, 0.717) is 23.1 Å². The van der Waals surface area contributed by atoms with Gasteiger partial charge < -0.3 is 16.0 Å². The van der Waals surface area contributed by atoms with Gasteiger partial charge in [-0.15, -0.1) is 0 Å². The summed E-state index contributed by atoms with van der Waals surface area (Å²) in [6.45, 7) is 1.85. The number of H-pyrrole nitrogens is 1. The Bertz CT molecular complexity index is 903. The molecule has 8 heteroatoms. The molecule has 0 aliphatic heterocycles. The fourth-order valence-electron chi connectivity index (χ4n) is 2.28. The minimum absolute atomic E-state index is 0.135. The zero-order valence-corrected chi connectivity index (χ0v) is 13.5. The fraction of sp³-hybridized carbons (Fsp3) is 0.176. The van der Waals surface area contributed by atoms with Crippen LogP contribution >= 0.6 is 0 Å². The van der Waals surface area contributed by atoms with Gasteiger partial charge in [0.15, 0.2) is 11.5 Å². The second kappa shape index (κ2) is 7.08. The van der Waals surface area contributed by atoms with Crippen molar-refractivity contribution in [1.29, 1.82) is 0 Å². The largest absolute Gasteiger partial charge is 0.384 e. The molecule has 0 aliphatic carbocycles. The van der Waals surface area contributed by atoms with Crippen LogP contribution in [-0.2, 0) is 0 Å². The van der Waals surface area contributed by atoms with Crippen molar-refractivity contribution in [3.8, 4) is 0 Å². The quantitative estimate of drug-likeness (QED) is 0.660. The van der Waals surface area contributed by atoms with Gasteiger partial charge in [0.25, 0.3) is 5.91 Å². The van der Waals surface area contributed by atoms with Gasteiger partial charge in [-0.1, -0.05) is 12.2 Å². The first-order valence-corrected chi connectivity index (χ1v) is 7.72. The zero-order valence-electron chi connectivity index (χ0n) is 13.5. The molecule has 3 heterocycles. The molecular weight excluding hydrogens is 323 g/mol. The van der Waals surface area contributed by atoms with Crippen LogP contribution in [-0.4, -0.2) is 31.9 Å². The number of halogens is 1. The molecule has 1 amide bonds. The Morgan fingerprint density at radius 1 is 1.48 bits per heavy atom. The van der Waals surface area contributed by atoms with Crippen molar-refractivity contribution >= 4 is 29.0 Å². The highest BCUT2D eigenvalue weighted by Gasteiger charge is 2.13. The molecule has 4 N–H and O–H groups in total. The van der Waals surface area contributed by atoms with Gasteiger partial charge in [-0.2, -0.15) is 0 Å². The second-order valence-electron chi connectivity index (χ2n) is 5.60. The normalized spacial score (nSPS) is 12.6. The first-order chi connectivity index (χ1) is 12.0. The third kappa shape index (κ3) is 3.97. The van der Waals surface area contributed by atoms with E-state index in [4.69, 9.17) is 5.73 Å². The maximum absolute atomic E-state index is 13.6. The SMILES string of the molecule is C[C@@H](C/C=C/c1cnc(N)cc1F)NC(=O)c1nc2ncccc2[nH]1. The predicted molar refractivity (Wildman–Crippen MR) is 93.1 cm³/mol. The number of nitrogens with two attached hydrogens (primary N) is 1. The Kier molecular flexibility index (Phi) is 4.69. The molecule has 3 aromatic rings. The first-order valence-electron chi connectivity index (χ1n) is 7.72. The van der Waals surface area contributed by atoms with E-state index in [0.717, 1.165) is 0 Å². The smallest absolute Gasteiger partial charge is 0.287 e. The number of carbonyl (C=O) groups is 1. The highest BCUT2D eigenvalue weighted by molar-refractivity contribution is 5.93. The Hall–Kier alpha value is -3.29. The van der Waals surface area contributed by atoms with Crippen molar-refractivity contribution in [2.24, 2.45) is 0 Å². The third-order valence-electron chi connectivity index (χ3n) is 3.54. The van der Waals surface area contributed by atoms with Crippen molar-refractivity contribution in [3.63, 3.8) is 0 Å². The van der Waals surface area contributed by atoms with Crippen LogP contribution in [0.5, 0.6) is 0 Å². The molecule has 0 bridgehead atoms. The van der Waals surface area contributed by atoms with E-state index in [1.165, 1.54) is 12.3 Å². The molecule has 3 rings (SSSR count). The molecule has 0 fully saturated rings. The molecule has 7 nitrogen and oxygen atoms in total. The summed E-state index contributed by atoms with van der Waals surface area (Å²) in [6, 6.07) is 4.57. The van der Waals surface area contributed by atoms with E-state index in [-0.39, 0.29) is 23.6 Å². The number of rotatable bonds is 5. The van der Waals surface area contributed by atoms with Crippen LogP contribution in [0.2, 0.25) is 0 Å². The number of carbonyl (C=O) groups excluding carboxylic acids is 1. The third-order valence-corrected chi connectivity index (χ3v) is 3.54. The molecule has 3 aromatic heterocycles. The molecular formula is C17H17FN6O. The standard InChI is InChI=1S/C17H17FN6O/c1-10(4-2-5-11-9-21-14(19)8-12(11)18)22-17(25)16-23-13-6-3-7-20-15(13)24-16/h2-3,5-10H,4H2,1H3,(H2,19,21)(H,22,25)(H,20,23,24)/b5-2+/t10-/m0/s1. The number of pyridine rings is 2. The maximum atomic E-state index is 13.6. The zero-order chi connectivity index (χ0) is 17.8. The first kappa shape index (κ1) is 16.6. The molecule has 0 saturated carbocycles. The van der Waals surface area contributed by atoms with Gasteiger partial charge in [0, 0.05) is 30.1 Å². The number of aromatic amines is 1. The highest BCUT2D eigenvalue weighted by atomic mass is 19.1. The summed E-state index contributed by atoms with van der Waals surface area (Å²) in [6.07, 6.45) is 6.88. The van der Waals surface area contributed by atoms with Crippen LogP contribution < -0.4 is 11.1 Å². The summed E-state index contributed by atoms with van der Waals surface area (Å²) in [5.74, 6) is -0.414. The van der Waals surface area contributed by atoms with Gasteiger partial charge in [-0.05, 0) is 25.5 Å². The summed E-state index contributed by atoms with van der Waals surface area (Å²) in [5.41, 5.74) is 6.94. The highest BCUT2D eigenvalue weighted by Crippen LogP contribution is 2.11. The summed E-state index contributed by atoms with van der Waals surface area (Å²) < 4.78 is 13.6. The topological polar surface area (TPSA) is 110 Å². The van der Waals surface area contributed by atoms with Crippen LogP contribution in [0.15, 0.2) is 36.7 Å². The second-order valence-corrected chi connectivity index (χ2v) is 5.60. The van der Waals surface area contributed by atoms with E-state index < -0.39 is 5.82 Å². The van der Waals surface area contributed by atoms with Crippen molar-refractivity contribution in [1.82, 2.24) is 25.3 Å². The van der Waals surface area contributed by atoms with E-state index in [1.54, 1.807) is 30.5 Å². The van der Waals surface area contributed by atoms with E-state index >= 15 is 0 Å². The number of imidazole rings is 1. The maximum Gasteiger partial charge on any atom is 0.287 e. The van der Waals surface area contributed by atoms with Crippen LogP contribution in [0.1, 0.15) is 29.5 Å². The molecule has 0 aliphatic rings. The number of nitrogen functional groups attached to an aromatic ring is 1. The van der Waals surface area contributed by atoms with Crippen LogP contribution in [0.25, 0.3) is 17.2 Å². The molecule has 0 saturated heterocycles. The van der Waals surface area contributed by atoms with Gasteiger partial charge in [-0.3, -0.25) is 4.79 Å². The summed E-state index contributed by atoms with van der Waals surface area (Å²) in [7, 11) is 0. The Morgan fingerprint density at radius 3 is 3.08 bits per heavy atom. The van der Waals surface area contributed by atoms with Crippen molar-refractivity contribution < 1.29 is 9.18 Å². The van der Waals surface area contributed by atoms with E-state index in [9.17, 15) is 9.18 Å². The lowest BCUT2D eigenvalue weighted by Gasteiger charge is -2.10. The van der Waals surface area contributed by atoms with Gasteiger partial charge in [-0.25, -0.2) is 19.3 Å². The van der Waals surface area contributed by atoms with Crippen LogP contribution in [0, 0.1) is 5.82 Å². The fourth-order valence-corrected chi connectivity index (χ4v) is 2.28. The minimum Gasteiger partial charge on any atom is -0.384 e. The van der Waals surface area contributed by atoms with E-state index in [1.807, 2.05) is 6.92 Å². The monoisotopic (exact) mass is 340 g/mol. The van der Waals surface area contributed by atoms with E-state index in [2.05, 4.69) is 25.3 Å². The Morgan fingerprint density at radius 2 is 2.32 bits per heavy atom. The predicted octanol–water partition coefficient (Wildman–Crippen LogP) is 2.30. The minimum atomic E-state index is -0.435. The molecule has 0 radical (unpaired) electrons. The Balaban J connectivity index is 1.59. The molecule has 0 unspecified atom stereocenters. The van der Waals surface area contributed by atoms with Gasteiger partial charge in [0.05, 0.1) is 5.52 Å². The number of nitrogens with one attached hydrogen (secondary N) is 2. The number of amides is 1. The lowest BCUT2D eigenvalue weighted by molar-refractivity contribution is 0.0931. The lowest BCUT2D eigenvalue weighted by atomic mass is 10.2. The van der Waals surface area contributed by atoms with Crippen molar-refractivity contribution in [2.75, 3.05) is 5.73 Å². The van der Waals surface area contributed by atoms with Crippen molar-refractivity contribution in [3.05, 3.63) is 53.9 Å². The summed E-state index contributed by atoms with van der Waals surface area (Å²) in [5, 5.41) is 2.83. The molecule has 0 aromatic carbocycles. The molecule has 1 atom stereocenters. The average Bonchev–Trinajstić information content (AvgIpc) is 3.01. The number of fused-ring (bicyclic) bond motifs is 1. The van der Waals surface area contributed by atoms with Crippen LogP contribution in [0.3, 0.4) is 0 Å².